The first-order valence-corrected chi connectivity index (χ1v) is 6.78. The van der Waals surface area contributed by atoms with Gasteiger partial charge in [0.15, 0.2) is 5.76 Å². The van der Waals surface area contributed by atoms with Gasteiger partial charge in [-0.3, -0.25) is 4.90 Å². The first-order valence-electron chi connectivity index (χ1n) is 6.78. The lowest BCUT2D eigenvalue weighted by atomic mass is 10.1. The van der Waals surface area contributed by atoms with Gasteiger partial charge in [0.1, 0.15) is 0 Å². The van der Waals surface area contributed by atoms with E-state index < -0.39 is 0 Å². The highest BCUT2D eigenvalue weighted by molar-refractivity contribution is 5.56. The molecule has 19 heavy (non-hydrogen) atoms. The summed E-state index contributed by atoms with van der Waals surface area (Å²) in [7, 11) is 0. The molecule has 0 aliphatic carbocycles. The predicted molar refractivity (Wildman–Crippen MR) is 74.7 cm³/mol. The molecule has 1 aliphatic rings. The molecule has 1 saturated heterocycles. The molecule has 0 amide bonds. The summed E-state index contributed by atoms with van der Waals surface area (Å²) in [5.74, 6) is 0.846. The maximum absolute atomic E-state index is 5.43. The summed E-state index contributed by atoms with van der Waals surface area (Å²) in [5, 5.41) is 7.62. The molecule has 0 unspecified atom stereocenters. The van der Waals surface area contributed by atoms with Crippen molar-refractivity contribution in [2.45, 2.75) is 19.5 Å². The molecule has 4 heteroatoms. The Bertz CT molecular complexity index is 523. The van der Waals surface area contributed by atoms with Crippen molar-refractivity contribution < 1.29 is 4.52 Å². The molecule has 1 fully saturated rings. The summed E-state index contributed by atoms with van der Waals surface area (Å²) in [4.78, 5) is 2.41. The van der Waals surface area contributed by atoms with Gasteiger partial charge in [-0.1, -0.05) is 35.5 Å². The smallest absolute Gasteiger partial charge is 0.167 e. The predicted octanol–water partition coefficient (Wildman–Crippen LogP) is 2.14. The van der Waals surface area contributed by atoms with E-state index in [9.17, 15) is 0 Å². The summed E-state index contributed by atoms with van der Waals surface area (Å²) in [5.41, 5.74) is 2.09. The van der Waals surface area contributed by atoms with E-state index in [0.29, 0.717) is 6.04 Å². The van der Waals surface area contributed by atoms with E-state index in [1.54, 1.807) is 0 Å². The van der Waals surface area contributed by atoms with E-state index in [1.807, 2.05) is 36.4 Å². The van der Waals surface area contributed by atoms with Gasteiger partial charge in [0, 0.05) is 43.9 Å². The fourth-order valence-electron chi connectivity index (χ4n) is 2.51. The van der Waals surface area contributed by atoms with E-state index in [2.05, 4.69) is 22.3 Å². The fraction of sp³-hybridized carbons (Fsp3) is 0.400. The minimum Gasteiger partial charge on any atom is -0.356 e. The van der Waals surface area contributed by atoms with Gasteiger partial charge in [0.25, 0.3) is 0 Å². The molecule has 3 rings (SSSR count). The molecule has 0 spiro atoms. The Kier molecular flexibility index (Phi) is 3.62. The summed E-state index contributed by atoms with van der Waals surface area (Å²) in [6.45, 7) is 6.25. The van der Waals surface area contributed by atoms with Gasteiger partial charge in [-0.05, 0) is 6.92 Å². The van der Waals surface area contributed by atoms with Crippen LogP contribution in [0.4, 0.5) is 0 Å². The van der Waals surface area contributed by atoms with Crippen LogP contribution >= 0.6 is 0 Å². The van der Waals surface area contributed by atoms with Crippen LogP contribution in [-0.2, 0) is 6.54 Å². The van der Waals surface area contributed by atoms with Crippen LogP contribution in [-0.4, -0.2) is 35.7 Å². The Morgan fingerprint density at radius 3 is 3.00 bits per heavy atom. The van der Waals surface area contributed by atoms with E-state index in [4.69, 9.17) is 4.52 Å². The minimum atomic E-state index is 0.550. The SMILES string of the molecule is C[C@@H]1CN(Cc2cc(-c3ccccc3)on2)CCN1. The number of hydrogen-bond donors (Lipinski definition) is 1. The zero-order valence-corrected chi connectivity index (χ0v) is 11.2. The topological polar surface area (TPSA) is 41.3 Å². The van der Waals surface area contributed by atoms with Gasteiger partial charge in [-0.2, -0.15) is 0 Å². The zero-order valence-electron chi connectivity index (χ0n) is 11.2. The van der Waals surface area contributed by atoms with Crippen molar-refractivity contribution >= 4 is 0 Å². The molecular weight excluding hydrogens is 238 g/mol. The van der Waals surface area contributed by atoms with E-state index in [0.717, 1.165) is 43.2 Å². The second-order valence-corrected chi connectivity index (χ2v) is 5.14. The largest absolute Gasteiger partial charge is 0.356 e. The van der Waals surface area contributed by atoms with Gasteiger partial charge in [-0.15, -0.1) is 0 Å². The van der Waals surface area contributed by atoms with Crippen molar-refractivity contribution in [3.05, 3.63) is 42.1 Å². The van der Waals surface area contributed by atoms with Crippen LogP contribution < -0.4 is 5.32 Å². The molecule has 100 valence electrons. The number of nitrogens with one attached hydrogen (secondary N) is 1. The number of benzene rings is 1. The Morgan fingerprint density at radius 1 is 1.37 bits per heavy atom. The highest BCUT2D eigenvalue weighted by atomic mass is 16.5. The van der Waals surface area contributed by atoms with Gasteiger partial charge in [0.2, 0.25) is 0 Å². The van der Waals surface area contributed by atoms with Crippen LogP contribution in [0.25, 0.3) is 11.3 Å². The summed E-state index contributed by atoms with van der Waals surface area (Å²) >= 11 is 0. The van der Waals surface area contributed by atoms with Gasteiger partial charge >= 0.3 is 0 Å². The normalized spacial score (nSPS) is 20.6. The number of aromatic nitrogens is 1. The molecule has 0 saturated carbocycles. The molecule has 1 aliphatic heterocycles. The lowest BCUT2D eigenvalue weighted by molar-refractivity contribution is 0.195. The molecule has 2 heterocycles. The van der Waals surface area contributed by atoms with Gasteiger partial charge in [-0.25, -0.2) is 0 Å². The summed E-state index contributed by atoms with van der Waals surface area (Å²) in [6, 6.07) is 12.7. The number of piperazine rings is 1. The van der Waals surface area contributed by atoms with Crippen LogP contribution in [0.15, 0.2) is 40.9 Å². The Balaban J connectivity index is 1.68. The molecule has 0 bridgehead atoms. The third kappa shape index (κ3) is 3.03. The second-order valence-electron chi connectivity index (χ2n) is 5.14. The highest BCUT2D eigenvalue weighted by Gasteiger charge is 2.17. The van der Waals surface area contributed by atoms with Gasteiger partial charge < -0.3 is 9.84 Å². The monoisotopic (exact) mass is 257 g/mol. The van der Waals surface area contributed by atoms with Crippen LogP contribution in [0.1, 0.15) is 12.6 Å². The fourth-order valence-corrected chi connectivity index (χ4v) is 2.51. The molecule has 4 nitrogen and oxygen atoms in total. The van der Waals surface area contributed by atoms with Crippen molar-refractivity contribution in [1.82, 2.24) is 15.4 Å². The van der Waals surface area contributed by atoms with Gasteiger partial charge in [0.05, 0.1) is 5.69 Å². The molecule has 0 radical (unpaired) electrons. The average molecular weight is 257 g/mol. The van der Waals surface area contributed by atoms with Crippen LogP contribution in [0.5, 0.6) is 0 Å². The number of hydrogen-bond acceptors (Lipinski definition) is 4. The number of nitrogens with zero attached hydrogens (tertiary/aromatic N) is 2. The van der Waals surface area contributed by atoms with E-state index in [-0.39, 0.29) is 0 Å². The van der Waals surface area contributed by atoms with Crippen molar-refractivity contribution in [2.75, 3.05) is 19.6 Å². The van der Waals surface area contributed by atoms with Crippen molar-refractivity contribution in [2.24, 2.45) is 0 Å². The van der Waals surface area contributed by atoms with E-state index in [1.165, 1.54) is 0 Å². The standard InChI is InChI=1S/C15H19N3O/c1-12-10-18(8-7-16-12)11-14-9-15(19-17-14)13-5-3-2-4-6-13/h2-6,9,12,16H,7-8,10-11H2,1H3/t12-/m1/s1. The Labute approximate surface area is 113 Å². The highest BCUT2D eigenvalue weighted by Crippen LogP contribution is 2.20. The van der Waals surface area contributed by atoms with Crippen molar-refractivity contribution in [3.63, 3.8) is 0 Å². The quantitative estimate of drug-likeness (QED) is 0.914. The van der Waals surface area contributed by atoms with Crippen molar-refractivity contribution in [1.29, 1.82) is 0 Å². The maximum Gasteiger partial charge on any atom is 0.167 e. The third-order valence-corrected chi connectivity index (χ3v) is 3.46. The Morgan fingerprint density at radius 2 is 2.21 bits per heavy atom. The molecule has 1 aromatic heterocycles. The van der Waals surface area contributed by atoms with Crippen LogP contribution in [0.2, 0.25) is 0 Å². The molecule has 1 atom stereocenters. The molecule has 1 aromatic carbocycles. The molecule has 1 N–H and O–H groups in total. The summed E-state index contributed by atoms with van der Waals surface area (Å²) < 4.78 is 5.43. The maximum atomic E-state index is 5.43. The lowest BCUT2D eigenvalue weighted by Gasteiger charge is -2.30. The number of rotatable bonds is 3. The third-order valence-electron chi connectivity index (χ3n) is 3.46. The first-order chi connectivity index (χ1) is 9.31. The first kappa shape index (κ1) is 12.4. The lowest BCUT2D eigenvalue weighted by Crippen LogP contribution is -2.48. The van der Waals surface area contributed by atoms with Crippen LogP contribution in [0, 0.1) is 0 Å². The Hall–Kier alpha value is -1.65. The van der Waals surface area contributed by atoms with E-state index >= 15 is 0 Å². The molecular formula is C15H19N3O. The average Bonchev–Trinajstić information content (AvgIpc) is 2.88. The molecule has 2 aromatic rings. The van der Waals surface area contributed by atoms with Crippen molar-refractivity contribution in [3.8, 4) is 11.3 Å². The second kappa shape index (κ2) is 5.55. The van der Waals surface area contributed by atoms with Crippen LogP contribution in [0.3, 0.4) is 0 Å². The minimum absolute atomic E-state index is 0.550. The summed E-state index contributed by atoms with van der Waals surface area (Å²) in [6.07, 6.45) is 0. The zero-order chi connectivity index (χ0) is 13.1.